The molecular formula is C26H28N2O3S. The van der Waals surface area contributed by atoms with Gasteiger partial charge in [-0.15, -0.1) is 0 Å². The fraction of sp³-hybridized carbons (Fsp3) is 0.308. The van der Waals surface area contributed by atoms with Crippen molar-refractivity contribution in [2.75, 3.05) is 24.5 Å². The van der Waals surface area contributed by atoms with E-state index in [-0.39, 0.29) is 5.75 Å². The van der Waals surface area contributed by atoms with Gasteiger partial charge in [0.2, 0.25) is 0 Å². The molecule has 0 bridgehead atoms. The molecule has 0 spiro atoms. The van der Waals surface area contributed by atoms with Gasteiger partial charge in [-0.05, 0) is 67.3 Å². The number of nitrogens with zero attached hydrogens (tertiary/aromatic N) is 2. The molecular weight excluding hydrogens is 420 g/mol. The number of phenols is 1. The molecule has 5 nitrogen and oxygen atoms in total. The molecule has 0 saturated carbocycles. The van der Waals surface area contributed by atoms with E-state index < -0.39 is 9.84 Å². The molecule has 0 amide bonds. The quantitative estimate of drug-likeness (QED) is 0.622. The molecule has 5 rings (SSSR count). The van der Waals surface area contributed by atoms with Crippen molar-refractivity contribution in [3.8, 4) is 5.75 Å². The summed E-state index contributed by atoms with van der Waals surface area (Å²) in [5.41, 5.74) is 3.84. The molecule has 3 aromatic carbocycles. The zero-order valence-electron chi connectivity index (χ0n) is 18.0. The van der Waals surface area contributed by atoms with Crippen molar-refractivity contribution in [2.45, 2.75) is 36.0 Å². The first-order valence-electron chi connectivity index (χ1n) is 11.2. The first kappa shape index (κ1) is 21.0. The fourth-order valence-electron chi connectivity index (χ4n) is 4.99. The standard InChI is InChI=1S/C26H28N2O3S/c29-23-13-11-20(12-14-23)15-17-27-16-5-7-22(27)18-28-24-8-2-1-6-21(24)19-32(30,31)26-10-4-3-9-25(26)28/h1-4,6,8-14,22,29H,5,7,15-19H2. The maximum atomic E-state index is 13.1. The molecule has 2 heterocycles. The smallest absolute Gasteiger partial charge is 0.184 e. The molecule has 166 valence electrons. The molecule has 1 atom stereocenters. The Labute approximate surface area is 189 Å². The Morgan fingerprint density at radius 3 is 2.44 bits per heavy atom. The second-order valence-electron chi connectivity index (χ2n) is 8.71. The number of benzene rings is 3. The van der Waals surface area contributed by atoms with Gasteiger partial charge in [0, 0.05) is 24.8 Å². The van der Waals surface area contributed by atoms with Gasteiger partial charge in [0.05, 0.1) is 16.3 Å². The van der Waals surface area contributed by atoms with Crippen LogP contribution in [0.5, 0.6) is 5.75 Å². The summed E-state index contributed by atoms with van der Waals surface area (Å²) in [6.45, 7) is 2.77. The molecule has 0 aromatic heterocycles. The molecule has 3 aromatic rings. The van der Waals surface area contributed by atoms with Crippen LogP contribution >= 0.6 is 0 Å². The van der Waals surface area contributed by atoms with Crippen LogP contribution in [0.15, 0.2) is 77.7 Å². The Morgan fingerprint density at radius 1 is 0.906 bits per heavy atom. The number of anilines is 2. The highest BCUT2D eigenvalue weighted by Crippen LogP contribution is 2.40. The second kappa shape index (κ2) is 8.60. The van der Waals surface area contributed by atoms with Crippen LogP contribution in [-0.4, -0.2) is 44.1 Å². The summed E-state index contributed by atoms with van der Waals surface area (Å²) in [5, 5.41) is 9.52. The SMILES string of the molecule is O=S1(=O)Cc2ccccc2N(CC2CCCN2CCc2ccc(O)cc2)c2ccccc21. The summed E-state index contributed by atoms with van der Waals surface area (Å²) in [4.78, 5) is 5.17. The average Bonchev–Trinajstić information content (AvgIpc) is 3.21. The predicted molar refractivity (Wildman–Crippen MR) is 127 cm³/mol. The van der Waals surface area contributed by atoms with Crippen LogP contribution in [0.25, 0.3) is 0 Å². The topological polar surface area (TPSA) is 60.9 Å². The minimum Gasteiger partial charge on any atom is -0.508 e. The van der Waals surface area contributed by atoms with E-state index in [2.05, 4.69) is 9.80 Å². The molecule has 1 fully saturated rings. The highest BCUT2D eigenvalue weighted by atomic mass is 32.2. The number of likely N-dealkylation sites (tertiary alicyclic amines) is 1. The van der Waals surface area contributed by atoms with E-state index in [0.717, 1.165) is 55.8 Å². The maximum Gasteiger partial charge on any atom is 0.184 e. The van der Waals surface area contributed by atoms with Crippen LogP contribution in [0.1, 0.15) is 24.0 Å². The number of hydrogen-bond donors (Lipinski definition) is 1. The fourth-order valence-corrected chi connectivity index (χ4v) is 6.58. The third kappa shape index (κ3) is 4.12. The minimum absolute atomic E-state index is 0.0337. The van der Waals surface area contributed by atoms with Crippen molar-refractivity contribution in [1.82, 2.24) is 4.90 Å². The van der Waals surface area contributed by atoms with Crippen molar-refractivity contribution in [1.29, 1.82) is 0 Å². The number of hydrogen-bond acceptors (Lipinski definition) is 5. The van der Waals surface area contributed by atoms with Crippen molar-refractivity contribution in [2.24, 2.45) is 0 Å². The van der Waals surface area contributed by atoms with E-state index in [1.54, 1.807) is 18.2 Å². The summed E-state index contributed by atoms with van der Waals surface area (Å²) in [6.07, 6.45) is 3.18. The van der Waals surface area contributed by atoms with Gasteiger partial charge in [-0.1, -0.05) is 42.5 Å². The summed E-state index contributed by atoms with van der Waals surface area (Å²) < 4.78 is 26.3. The highest BCUT2D eigenvalue weighted by molar-refractivity contribution is 7.90. The van der Waals surface area contributed by atoms with Crippen molar-refractivity contribution in [3.63, 3.8) is 0 Å². The van der Waals surface area contributed by atoms with Crippen LogP contribution in [0.3, 0.4) is 0 Å². The van der Waals surface area contributed by atoms with Gasteiger partial charge in [-0.3, -0.25) is 4.90 Å². The Morgan fingerprint density at radius 2 is 1.62 bits per heavy atom. The lowest BCUT2D eigenvalue weighted by Crippen LogP contribution is -2.40. The summed E-state index contributed by atoms with van der Waals surface area (Å²) >= 11 is 0. The van der Waals surface area contributed by atoms with Gasteiger partial charge < -0.3 is 10.0 Å². The van der Waals surface area contributed by atoms with E-state index in [0.29, 0.717) is 16.7 Å². The van der Waals surface area contributed by atoms with Crippen LogP contribution in [0.4, 0.5) is 11.4 Å². The lowest BCUT2D eigenvalue weighted by atomic mass is 10.1. The van der Waals surface area contributed by atoms with E-state index in [9.17, 15) is 13.5 Å². The van der Waals surface area contributed by atoms with Crippen LogP contribution in [0.2, 0.25) is 0 Å². The molecule has 1 N–H and O–H groups in total. The normalized spacial score (nSPS) is 19.9. The van der Waals surface area contributed by atoms with Crippen LogP contribution < -0.4 is 4.90 Å². The van der Waals surface area contributed by atoms with Gasteiger partial charge in [0.15, 0.2) is 9.84 Å². The van der Waals surface area contributed by atoms with Gasteiger partial charge in [-0.2, -0.15) is 0 Å². The van der Waals surface area contributed by atoms with E-state index >= 15 is 0 Å². The number of sulfone groups is 1. The van der Waals surface area contributed by atoms with Crippen molar-refractivity contribution >= 4 is 21.2 Å². The summed E-state index contributed by atoms with van der Waals surface area (Å²) in [7, 11) is -3.40. The first-order valence-corrected chi connectivity index (χ1v) is 12.9. The third-order valence-corrected chi connectivity index (χ3v) is 8.34. The van der Waals surface area contributed by atoms with Crippen LogP contribution in [0, 0.1) is 0 Å². The van der Waals surface area contributed by atoms with Crippen molar-refractivity contribution in [3.05, 3.63) is 83.9 Å². The molecule has 6 heteroatoms. The molecule has 0 aliphatic carbocycles. The lowest BCUT2D eigenvalue weighted by molar-refractivity contribution is 0.261. The van der Waals surface area contributed by atoms with Gasteiger partial charge in [0.1, 0.15) is 5.75 Å². The van der Waals surface area contributed by atoms with Gasteiger partial charge >= 0.3 is 0 Å². The number of rotatable bonds is 5. The Kier molecular flexibility index (Phi) is 5.66. The Hall–Kier alpha value is -2.83. The minimum atomic E-state index is -3.40. The molecule has 1 unspecified atom stereocenters. The highest BCUT2D eigenvalue weighted by Gasteiger charge is 2.33. The summed E-state index contributed by atoms with van der Waals surface area (Å²) in [5.74, 6) is 0.326. The monoisotopic (exact) mass is 448 g/mol. The van der Waals surface area contributed by atoms with Gasteiger partial charge in [0.25, 0.3) is 0 Å². The molecule has 1 saturated heterocycles. The number of fused-ring (bicyclic) bond motifs is 2. The largest absolute Gasteiger partial charge is 0.508 e. The molecule has 2 aliphatic rings. The van der Waals surface area contributed by atoms with E-state index in [1.165, 1.54) is 5.56 Å². The molecule has 2 aliphatic heterocycles. The zero-order valence-corrected chi connectivity index (χ0v) is 18.8. The second-order valence-corrected chi connectivity index (χ2v) is 10.7. The maximum absolute atomic E-state index is 13.1. The Balaban J connectivity index is 1.43. The average molecular weight is 449 g/mol. The number of aromatic hydroxyl groups is 1. The third-order valence-electron chi connectivity index (χ3n) is 6.64. The van der Waals surface area contributed by atoms with Crippen LogP contribution in [-0.2, 0) is 22.0 Å². The molecule has 0 radical (unpaired) electrons. The van der Waals surface area contributed by atoms with E-state index in [1.807, 2.05) is 54.6 Å². The predicted octanol–water partition coefficient (Wildman–Crippen LogP) is 4.52. The number of phenolic OH excluding ortho intramolecular Hbond substituents is 1. The lowest BCUT2D eigenvalue weighted by Gasteiger charge is -2.33. The summed E-state index contributed by atoms with van der Waals surface area (Å²) in [6, 6.07) is 23.1. The van der Waals surface area contributed by atoms with E-state index in [4.69, 9.17) is 0 Å². The first-order chi connectivity index (χ1) is 15.5. The number of para-hydroxylation sites is 2. The molecule has 32 heavy (non-hydrogen) atoms. The van der Waals surface area contributed by atoms with Gasteiger partial charge in [-0.25, -0.2) is 8.42 Å². The van der Waals surface area contributed by atoms with Crippen molar-refractivity contribution < 1.29 is 13.5 Å². The zero-order chi connectivity index (χ0) is 22.1. The Bertz CT molecular complexity index is 1210.